The summed E-state index contributed by atoms with van der Waals surface area (Å²) >= 11 is 0. The van der Waals surface area contributed by atoms with Crippen LogP contribution in [0, 0.1) is 0 Å². The Kier molecular flexibility index (Phi) is 1.88. The summed E-state index contributed by atoms with van der Waals surface area (Å²) in [5.41, 5.74) is 1.12. The Morgan fingerprint density at radius 3 is 2.67 bits per heavy atom. The van der Waals surface area contributed by atoms with Crippen LogP contribution < -0.4 is 0 Å². The minimum absolute atomic E-state index is 0.0988. The van der Waals surface area contributed by atoms with Crippen LogP contribution in [0.15, 0.2) is 12.2 Å². The molecule has 0 spiro atoms. The van der Waals surface area contributed by atoms with Gasteiger partial charge in [-0.1, -0.05) is 5.57 Å². The first-order valence-electron chi connectivity index (χ1n) is 3.14. The quantitative estimate of drug-likeness (QED) is 0.448. The lowest BCUT2D eigenvalue weighted by atomic mass is 10.1. The van der Waals surface area contributed by atoms with Crippen LogP contribution in [0.1, 0.15) is 13.3 Å². The van der Waals surface area contributed by atoms with E-state index in [1.807, 2.05) is 6.92 Å². The number of aliphatic hydroxyl groups excluding tert-OH is 1. The van der Waals surface area contributed by atoms with Crippen molar-refractivity contribution in [3.05, 3.63) is 12.2 Å². The number of epoxide rings is 1. The lowest BCUT2D eigenvalue weighted by Crippen LogP contribution is -1.98. The second-order valence-corrected chi connectivity index (χ2v) is 2.56. The fourth-order valence-electron chi connectivity index (χ4n) is 0.863. The van der Waals surface area contributed by atoms with Gasteiger partial charge in [-0.2, -0.15) is 0 Å². The number of hydrogen-bond donors (Lipinski definition) is 1. The van der Waals surface area contributed by atoms with Gasteiger partial charge in [0.15, 0.2) is 0 Å². The minimum atomic E-state index is 0.0988. The molecule has 0 bridgehead atoms. The molecule has 2 atom stereocenters. The monoisotopic (exact) mass is 128 g/mol. The standard InChI is InChI=1S/C7H12O2/c1-5(2)3-6-7(4-8)9-6/h6-8H,1,3-4H2,2H3/t6-,7-/m1/s1. The first-order chi connectivity index (χ1) is 4.24. The van der Waals surface area contributed by atoms with E-state index in [4.69, 9.17) is 9.84 Å². The molecule has 1 rings (SSSR count). The predicted molar refractivity (Wildman–Crippen MR) is 35.2 cm³/mol. The van der Waals surface area contributed by atoms with Crippen LogP contribution in [0.25, 0.3) is 0 Å². The molecule has 1 aliphatic rings. The van der Waals surface area contributed by atoms with E-state index in [-0.39, 0.29) is 18.8 Å². The molecule has 52 valence electrons. The van der Waals surface area contributed by atoms with Crippen molar-refractivity contribution in [3.63, 3.8) is 0 Å². The van der Waals surface area contributed by atoms with Crippen molar-refractivity contribution in [2.75, 3.05) is 6.61 Å². The molecule has 0 saturated carbocycles. The van der Waals surface area contributed by atoms with Crippen molar-refractivity contribution in [3.8, 4) is 0 Å². The maximum absolute atomic E-state index is 8.53. The third kappa shape index (κ3) is 1.80. The Hall–Kier alpha value is -0.340. The van der Waals surface area contributed by atoms with Crippen molar-refractivity contribution >= 4 is 0 Å². The summed E-state index contributed by atoms with van der Waals surface area (Å²) in [5, 5.41) is 8.53. The van der Waals surface area contributed by atoms with Gasteiger partial charge in [0, 0.05) is 0 Å². The van der Waals surface area contributed by atoms with E-state index in [1.54, 1.807) is 0 Å². The van der Waals surface area contributed by atoms with Crippen molar-refractivity contribution in [2.24, 2.45) is 0 Å². The Morgan fingerprint density at radius 2 is 2.33 bits per heavy atom. The van der Waals surface area contributed by atoms with E-state index in [1.165, 1.54) is 0 Å². The molecule has 0 amide bonds. The van der Waals surface area contributed by atoms with Gasteiger partial charge in [-0.05, 0) is 13.3 Å². The van der Waals surface area contributed by atoms with E-state index < -0.39 is 0 Å². The van der Waals surface area contributed by atoms with Crippen molar-refractivity contribution in [1.29, 1.82) is 0 Å². The van der Waals surface area contributed by atoms with Crippen LogP contribution in [0.2, 0.25) is 0 Å². The Labute approximate surface area is 55.1 Å². The molecule has 0 aromatic rings. The van der Waals surface area contributed by atoms with E-state index in [0.717, 1.165) is 12.0 Å². The molecule has 0 aromatic carbocycles. The first-order valence-corrected chi connectivity index (χ1v) is 3.14. The van der Waals surface area contributed by atoms with Crippen LogP contribution in [-0.4, -0.2) is 23.9 Å². The predicted octanol–water partition coefficient (Wildman–Crippen LogP) is 0.712. The normalized spacial score (nSPS) is 32.2. The molecule has 0 radical (unpaired) electrons. The Morgan fingerprint density at radius 1 is 1.67 bits per heavy atom. The van der Waals surface area contributed by atoms with Crippen LogP contribution in [0.3, 0.4) is 0 Å². The molecule has 0 unspecified atom stereocenters. The average Bonchev–Trinajstić information content (AvgIpc) is 2.45. The van der Waals surface area contributed by atoms with Gasteiger partial charge < -0.3 is 9.84 Å². The highest BCUT2D eigenvalue weighted by Crippen LogP contribution is 2.26. The Bertz CT molecular complexity index is 120. The van der Waals surface area contributed by atoms with Crippen LogP contribution in [-0.2, 0) is 4.74 Å². The minimum Gasteiger partial charge on any atom is -0.394 e. The molecule has 0 aromatic heterocycles. The maximum atomic E-state index is 8.53. The number of ether oxygens (including phenoxy) is 1. The highest BCUT2D eigenvalue weighted by atomic mass is 16.6. The van der Waals surface area contributed by atoms with Gasteiger partial charge in [0.25, 0.3) is 0 Å². The van der Waals surface area contributed by atoms with Crippen molar-refractivity contribution in [1.82, 2.24) is 0 Å². The van der Waals surface area contributed by atoms with Crippen LogP contribution in [0.5, 0.6) is 0 Å². The van der Waals surface area contributed by atoms with Gasteiger partial charge in [-0.15, -0.1) is 6.58 Å². The topological polar surface area (TPSA) is 32.8 Å². The summed E-state index contributed by atoms with van der Waals surface area (Å²) in [4.78, 5) is 0. The van der Waals surface area contributed by atoms with Gasteiger partial charge in [0.05, 0.1) is 12.7 Å². The van der Waals surface area contributed by atoms with Gasteiger partial charge in [-0.3, -0.25) is 0 Å². The average molecular weight is 128 g/mol. The van der Waals surface area contributed by atoms with Crippen LogP contribution >= 0.6 is 0 Å². The molecule has 2 heteroatoms. The highest BCUT2D eigenvalue weighted by Gasteiger charge is 2.37. The molecule has 9 heavy (non-hydrogen) atoms. The van der Waals surface area contributed by atoms with E-state index in [2.05, 4.69) is 6.58 Å². The number of rotatable bonds is 3. The van der Waals surface area contributed by atoms with Crippen LogP contribution in [0.4, 0.5) is 0 Å². The zero-order valence-electron chi connectivity index (χ0n) is 5.63. The summed E-state index contributed by atoms with van der Waals surface area (Å²) < 4.78 is 5.07. The SMILES string of the molecule is C=C(C)C[C@H]1O[C@@H]1CO. The Balaban J connectivity index is 2.12. The van der Waals surface area contributed by atoms with Gasteiger partial charge in [-0.25, -0.2) is 0 Å². The molecule has 1 fully saturated rings. The van der Waals surface area contributed by atoms with Gasteiger partial charge in [0.1, 0.15) is 6.10 Å². The first kappa shape index (κ1) is 6.78. The van der Waals surface area contributed by atoms with Gasteiger partial charge in [0.2, 0.25) is 0 Å². The molecule has 1 saturated heterocycles. The zero-order chi connectivity index (χ0) is 6.85. The fraction of sp³-hybridized carbons (Fsp3) is 0.714. The summed E-state index contributed by atoms with van der Waals surface area (Å²) in [7, 11) is 0. The number of hydrogen-bond acceptors (Lipinski definition) is 2. The largest absolute Gasteiger partial charge is 0.394 e. The zero-order valence-corrected chi connectivity index (χ0v) is 5.63. The third-order valence-corrected chi connectivity index (χ3v) is 1.42. The smallest absolute Gasteiger partial charge is 0.107 e. The summed E-state index contributed by atoms with van der Waals surface area (Å²) in [6.07, 6.45) is 1.25. The lowest BCUT2D eigenvalue weighted by Gasteiger charge is -1.89. The molecule has 1 N–H and O–H groups in total. The second-order valence-electron chi connectivity index (χ2n) is 2.56. The highest BCUT2D eigenvalue weighted by molar-refractivity contribution is 4.98. The third-order valence-electron chi connectivity index (χ3n) is 1.42. The summed E-state index contributed by atoms with van der Waals surface area (Å²) in [6.45, 7) is 5.86. The van der Waals surface area contributed by atoms with E-state index in [9.17, 15) is 0 Å². The lowest BCUT2D eigenvalue weighted by molar-refractivity contribution is 0.242. The van der Waals surface area contributed by atoms with E-state index >= 15 is 0 Å². The van der Waals surface area contributed by atoms with Gasteiger partial charge >= 0.3 is 0 Å². The summed E-state index contributed by atoms with van der Waals surface area (Å²) in [5.74, 6) is 0. The molecular weight excluding hydrogens is 116 g/mol. The van der Waals surface area contributed by atoms with E-state index in [0.29, 0.717) is 0 Å². The second kappa shape index (κ2) is 2.50. The molecule has 1 aliphatic heterocycles. The maximum Gasteiger partial charge on any atom is 0.107 e. The summed E-state index contributed by atoms with van der Waals surface area (Å²) in [6, 6.07) is 0. The molecule has 1 heterocycles. The molecule has 0 aliphatic carbocycles. The van der Waals surface area contributed by atoms with Crippen molar-refractivity contribution in [2.45, 2.75) is 25.6 Å². The van der Waals surface area contributed by atoms with Crippen molar-refractivity contribution < 1.29 is 9.84 Å². The fourth-order valence-corrected chi connectivity index (χ4v) is 0.863. The number of aliphatic hydroxyl groups is 1. The molecular formula is C7H12O2. The molecule has 2 nitrogen and oxygen atoms in total.